The van der Waals surface area contributed by atoms with Gasteiger partial charge in [-0.25, -0.2) is 4.98 Å². The molecule has 0 bridgehead atoms. The van der Waals surface area contributed by atoms with Crippen LogP contribution in [0.25, 0.3) is 0 Å². The van der Waals surface area contributed by atoms with Crippen LogP contribution in [0.3, 0.4) is 0 Å². The number of rotatable bonds is 9. The fourth-order valence-electron chi connectivity index (χ4n) is 2.44. The second-order valence-electron chi connectivity index (χ2n) is 6.01. The first-order valence-corrected chi connectivity index (χ1v) is 8.78. The Labute approximate surface area is 127 Å². The summed E-state index contributed by atoms with van der Waals surface area (Å²) in [5.41, 5.74) is 1.28. The molecular weight excluding hydrogens is 268 g/mol. The van der Waals surface area contributed by atoms with Gasteiger partial charge >= 0.3 is 0 Å². The van der Waals surface area contributed by atoms with Crippen LogP contribution in [0.4, 0.5) is 0 Å². The minimum absolute atomic E-state index is 0.242. The van der Waals surface area contributed by atoms with E-state index in [1.54, 1.807) is 0 Å². The quantitative estimate of drug-likeness (QED) is 0.749. The zero-order chi connectivity index (χ0) is 14.5. The Balaban J connectivity index is 2.16. The smallest absolute Gasteiger partial charge is 0.122 e. The van der Waals surface area contributed by atoms with Crippen molar-refractivity contribution < 1.29 is 4.74 Å². The monoisotopic (exact) mass is 296 g/mol. The van der Waals surface area contributed by atoms with Crippen LogP contribution >= 0.6 is 11.3 Å². The van der Waals surface area contributed by atoms with Crippen LogP contribution in [-0.4, -0.2) is 18.1 Å². The highest BCUT2D eigenvalue weighted by Gasteiger charge is 2.35. The lowest BCUT2D eigenvalue weighted by Gasteiger charge is -2.13. The van der Waals surface area contributed by atoms with E-state index in [1.807, 2.05) is 11.3 Å². The molecule has 1 aliphatic rings. The summed E-state index contributed by atoms with van der Waals surface area (Å²) >= 11 is 1.86. The van der Waals surface area contributed by atoms with Gasteiger partial charge in [-0.05, 0) is 44.6 Å². The molecule has 2 rings (SSSR count). The molecule has 1 N–H and O–H groups in total. The summed E-state index contributed by atoms with van der Waals surface area (Å²) in [6.45, 7) is 11.5. The molecule has 0 saturated heterocycles. The molecule has 1 fully saturated rings. The van der Waals surface area contributed by atoms with Crippen LogP contribution in [0.15, 0.2) is 0 Å². The van der Waals surface area contributed by atoms with Gasteiger partial charge in [-0.3, -0.25) is 0 Å². The second kappa shape index (κ2) is 7.53. The summed E-state index contributed by atoms with van der Waals surface area (Å²) in [5.74, 6) is 1.36. The molecular formula is C16H28N2OS. The van der Waals surface area contributed by atoms with Crippen LogP contribution in [0.1, 0.15) is 62.2 Å². The SMILES string of the molecule is CCNCc1sc(C(OCC)C2CC2)nc1CC(C)C. The lowest BCUT2D eigenvalue weighted by molar-refractivity contribution is 0.0461. The standard InChI is InChI=1S/C16H28N2OS/c1-5-17-10-14-13(9-11(3)4)18-16(20-14)15(19-6-2)12-7-8-12/h11-12,15,17H,5-10H2,1-4H3. The highest BCUT2D eigenvalue weighted by atomic mass is 32.1. The van der Waals surface area contributed by atoms with Crippen LogP contribution in [0.5, 0.6) is 0 Å². The van der Waals surface area contributed by atoms with Gasteiger partial charge in [0.25, 0.3) is 0 Å². The third-order valence-electron chi connectivity index (χ3n) is 3.57. The van der Waals surface area contributed by atoms with E-state index in [1.165, 1.54) is 28.4 Å². The van der Waals surface area contributed by atoms with Gasteiger partial charge in [0.1, 0.15) is 11.1 Å². The molecule has 1 heterocycles. The van der Waals surface area contributed by atoms with E-state index in [0.29, 0.717) is 11.8 Å². The number of hydrogen-bond donors (Lipinski definition) is 1. The summed E-state index contributed by atoms with van der Waals surface area (Å²) in [6.07, 6.45) is 3.91. The molecule has 20 heavy (non-hydrogen) atoms. The average molecular weight is 296 g/mol. The second-order valence-corrected chi connectivity index (χ2v) is 7.13. The molecule has 4 heteroatoms. The van der Waals surface area contributed by atoms with Crippen molar-refractivity contribution in [2.24, 2.45) is 11.8 Å². The average Bonchev–Trinajstić information content (AvgIpc) is 3.16. The van der Waals surface area contributed by atoms with Gasteiger partial charge in [-0.15, -0.1) is 11.3 Å². The molecule has 0 aromatic carbocycles. The van der Waals surface area contributed by atoms with E-state index in [4.69, 9.17) is 9.72 Å². The molecule has 0 spiro atoms. The lowest BCUT2D eigenvalue weighted by Crippen LogP contribution is -2.12. The highest BCUT2D eigenvalue weighted by molar-refractivity contribution is 7.11. The molecule has 1 saturated carbocycles. The third-order valence-corrected chi connectivity index (χ3v) is 4.73. The van der Waals surface area contributed by atoms with E-state index in [-0.39, 0.29) is 6.10 Å². The number of nitrogens with zero attached hydrogens (tertiary/aromatic N) is 1. The van der Waals surface area contributed by atoms with Gasteiger partial charge in [0.05, 0.1) is 5.69 Å². The molecule has 114 valence electrons. The van der Waals surface area contributed by atoms with Crippen LogP contribution in [0.2, 0.25) is 0 Å². The maximum Gasteiger partial charge on any atom is 0.122 e. The van der Waals surface area contributed by atoms with Gasteiger partial charge in [0.15, 0.2) is 0 Å². The highest BCUT2D eigenvalue weighted by Crippen LogP contribution is 2.44. The van der Waals surface area contributed by atoms with Crippen LogP contribution in [0, 0.1) is 11.8 Å². The Hall–Kier alpha value is -0.450. The number of hydrogen-bond acceptors (Lipinski definition) is 4. The molecule has 0 amide bonds. The minimum Gasteiger partial charge on any atom is -0.371 e. The van der Waals surface area contributed by atoms with E-state index >= 15 is 0 Å². The summed E-state index contributed by atoms with van der Waals surface area (Å²) in [5, 5.41) is 4.64. The Bertz CT molecular complexity index is 413. The van der Waals surface area contributed by atoms with Gasteiger partial charge in [0, 0.05) is 18.0 Å². The predicted octanol–water partition coefficient (Wildman–Crippen LogP) is 3.94. The molecule has 1 aromatic rings. The van der Waals surface area contributed by atoms with Crippen molar-refractivity contribution in [3.8, 4) is 0 Å². The fraction of sp³-hybridized carbons (Fsp3) is 0.812. The van der Waals surface area contributed by atoms with Crippen molar-refractivity contribution in [3.63, 3.8) is 0 Å². The van der Waals surface area contributed by atoms with Crippen molar-refractivity contribution in [1.29, 1.82) is 0 Å². The summed E-state index contributed by atoms with van der Waals surface area (Å²) < 4.78 is 5.96. The minimum atomic E-state index is 0.242. The first kappa shape index (κ1) is 15.9. The summed E-state index contributed by atoms with van der Waals surface area (Å²) in [4.78, 5) is 6.34. The number of aromatic nitrogens is 1. The van der Waals surface area contributed by atoms with Crippen molar-refractivity contribution in [3.05, 3.63) is 15.6 Å². The van der Waals surface area contributed by atoms with E-state index in [2.05, 4.69) is 33.0 Å². The Morgan fingerprint density at radius 2 is 2.10 bits per heavy atom. The van der Waals surface area contributed by atoms with Crippen molar-refractivity contribution in [2.75, 3.05) is 13.2 Å². The number of ether oxygens (including phenoxy) is 1. The zero-order valence-electron chi connectivity index (χ0n) is 13.2. The Morgan fingerprint density at radius 1 is 1.35 bits per heavy atom. The number of thiazole rings is 1. The Morgan fingerprint density at radius 3 is 2.65 bits per heavy atom. The van der Waals surface area contributed by atoms with Crippen LogP contribution in [-0.2, 0) is 17.7 Å². The van der Waals surface area contributed by atoms with E-state index < -0.39 is 0 Å². The largest absolute Gasteiger partial charge is 0.371 e. The molecule has 1 atom stereocenters. The maximum atomic E-state index is 5.96. The van der Waals surface area contributed by atoms with Gasteiger partial charge in [-0.2, -0.15) is 0 Å². The first-order valence-electron chi connectivity index (χ1n) is 7.96. The van der Waals surface area contributed by atoms with E-state index in [0.717, 1.165) is 26.1 Å². The van der Waals surface area contributed by atoms with Crippen LogP contribution < -0.4 is 5.32 Å². The maximum absolute atomic E-state index is 5.96. The van der Waals surface area contributed by atoms with Gasteiger partial charge in [0.2, 0.25) is 0 Å². The van der Waals surface area contributed by atoms with Gasteiger partial charge < -0.3 is 10.1 Å². The summed E-state index contributed by atoms with van der Waals surface area (Å²) in [6, 6.07) is 0. The predicted molar refractivity (Wildman–Crippen MR) is 85.1 cm³/mol. The van der Waals surface area contributed by atoms with E-state index in [9.17, 15) is 0 Å². The normalized spacial score (nSPS) is 16.9. The molecule has 0 radical (unpaired) electrons. The zero-order valence-corrected chi connectivity index (χ0v) is 14.1. The Kier molecular flexibility index (Phi) is 6.00. The van der Waals surface area contributed by atoms with Crippen molar-refractivity contribution in [1.82, 2.24) is 10.3 Å². The van der Waals surface area contributed by atoms with Crippen molar-refractivity contribution >= 4 is 11.3 Å². The molecule has 1 aromatic heterocycles. The number of nitrogens with one attached hydrogen (secondary N) is 1. The van der Waals surface area contributed by atoms with Crippen molar-refractivity contribution in [2.45, 2.75) is 59.6 Å². The molecule has 3 nitrogen and oxygen atoms in total. The lowest BCUT2D eigenvalue weighted by atomic mass is 10.1. The fourth-order valence-corrected chi connectivity index (χ4v) is 3.64. The molecule has 1 aliphatic carbocycles. The van der Waals surface area contributed by atoms with Gasteiger partial charge in [-0.1, -0.05) is 20.8 Å². The summed E-state index contributed by atoms with van der Waals surface area (Å²) in [7, 11) is 0. The molecule has 0 aliphatic heterocycles. The topological polar surface area (TPSA) is 34.1 Å². The molecule has 1 unspecified atom stereocenters. The first-order chi connectivity index (χ1) is 9.65. The third kappa shape index (κ3) is 4.27.